The van der Waals surface area contributed by atoms with E-state index in [0.29, 0.717) is 12.2 Å². The Balaban J connectivity index is 1.26. The van der Waals surface area contributed by atoms with Crippen molar-refractivity contribution in [2.24, 2.45) is 5.92 Å². The number of likely N-dealkylation sites (tertiary alicyclic amines) is 2. The van der Waals surface area contributed by atoms with Crippen molar-refractivity contribution in [2.75, 3.05) is 19.6 Å². The van der Waals surface area contributed by atoms with E-state index < -0.39 is 0 Å². The molecule has 0 unspecified atom stereocenters. The average Bonchev–Trinajstić information content (AvgIpc) is 3.39. The first kappa shape index (κ1) is 17.3. The van der Waals surface area contributed by atoms with Crippen molar-refractivity contribution in [1.82, 2.24) is 9.80 Å². The second-order valence-electron chi connectivity index (χ2n) is 8.38. The van der Waals surface area contributed by atoms with Crippen LogP contribution in [0.3, 0.4) is 0 Å². The van der Waals surface area contributed by atoms with E-state index in [4.69, 9.17) is 4.74 Å². The van der Waals surface area contributed by atoms with Gasteiger partial charge in [-0.15, -0.1) is 0 Å². The third-order valence-corrected chi connectivity index (χ3v) is 6.44. The Hall–Kier alpha value is -1.10. The van der Waals surface area contributed by atoms with Crippen LogP contribution in [0.25, 0.3) is 0 Å². The second-order valence-corrected chi connectivity index (χ2v) is 8.38. The Labute approximate surface area is 151 Å². The number of hydrogen-bond donors (Lipinski definition) is 0. The van der Waals surface area contributed by atoms with Crippen molar-refractivity contribution in [3.63, 3.8) is 0 Å². The van der Waals surface area contributed by atoms with Gasteiger partial charge in [-0.1, -0.05) is 19.3 Å². The first-order valence-electron chi connectivity index (χ1n) is 10.5. The number of piperidine rings is 1. The topological polar surface area (TPSA) is 49.9 Å². The fourth-order valence-electron chi connectivity index (χ4n) is 4.75. The molecule has 2 aliphatic heterocycles. The highest BCUT2D eigenvalue weighted by Gasteiger charge is 2.42. The van der Waals surface area contributed by atoms with Crippen molar-refractivity contribution in [1.29, 1.82) is 0 Å². The van der Waals surface area contributed by atoms with Crippen LogP contribution in [0.1, 0.15) is 70.6 Å². The molecule has 0 radical (unpaired) electrons. The maximum atomic E-state index is 12.9. The van der Waals surface area contributed by atoms with Gasteiger partial charge in [0.25, 0.3) is 0 Å². The predicted octanol–water partition coefficient (Wildman–Crippen LogP) is 2.73. The first-order valence-corrected chi connectivity index (χ1v) is 10.5. The monoisotopic (exact) mass is 348 g/mol. The minimum atomic E-state index is -0.191. The standard InChI is InChI=1S/C20H32N2O3/c23-19(15-8-9-15)22-12-4-7-18(22)20(24)21-13-10-17(11-14-21)25-16-5-2-1-3-6-16/h15-18H,1-14H2/t18-/m1/s1. The third kappa shape index (κ3) is 4.02. The lowest BCUT2D eigenvalue weighted by Crippen LogP contribution is -2.51. The highest BCUT2D eigenvalue weighted by atomic mass is 16.5. The van der Waals surface area contributed by atoms with Gasteiger partial charge in [0.15, 0.2) is 0 Å². The van der Waals surface area contributed by atoms with Crippen molar-refractivity contribution < 1.29 is 14.3 Å². The summed E-state index contributed by atoms with van der Waals surface area (Å²) in [5, 5.41) is 0. The molecule has 0 aromatic rings. The Morgan fingerprint density at radius 2 is 1.36 bits per heavy atom. The number of hydrogen-bond acceptors (Lipinski definition) is 3. The number of rotatable bonds is 4. The van der Waals surface area contributed by atoms with Crippen LogP contribution in [-0.4, -0.2) is 59.5 Å². The highest BCUT2D eigenvalue weighted by molar-refractivity contribution is 5.90. The Bertz CT molecular complexity index is 491. The quantitative estimate of drug-likeness (QED) is 0.785. The molecular formula is C20H32N2O3. The van der Waals surface area contributed by atoms with E-state index in [1.807, 2.05) is 9.80 Å². The van der Waals surface area contributed by atoms with Crippen LogP contribution in [0.15, 0.2) is 0 Å². The molecule has 0 N–H and O–H groups in total. The maximum Gasteiger partial charge on any atom is 0.245 e. The van der Waals surface area contributed by atoms with Crippen LogP contribution in [0, 0.1) is 5.92 Å². The van der Waals surface area contributed by atoms with Crippen LogP contribution < -0.4 is 0 Å². The normalized spacial score (nSPS) is 29.2. The summed E-state index contributed by atoms with van der Waals surface area (Å²) in [5.41, 5.74) is 0. The van der Waals surface area contributed by atoms with Gasteiger partial charge < -0.3 is 14.5 Å². The summed E-state index contributed by atoms with van der Waals surface area (Å²) in [5.74, 6) is 0.622. The van der Waals surface area contributed by atoms with Gasteiger partial charge in [0.1, 0.15) is 6.04 Å². The van der Waals surface area contributed by atoms with E-state index in [1.165, 1.54) is 32.1 Å². The fraction of sp³-hybridized carbons (Fsp3) is 0.900. The molecule has 4 aliphatic rings. The molecule has 2 aliphatic carbocycles. The van der Waals surface area contributed by atoms with Gasteiger partial charge in [0, 0.05) is 25.6 Å². The summed E-state index contributed by atoms with van der Waals surface area (Å²) < 4.78 is 6.28. The summed E-state index contributed by atoms with van der Waals surface area (Å²) >= 11 is 0. The van der Waals surface area contributed by atoms with Crippen molar-refractivity contribution in [3.8, 4) is 0 Å². The van der Waals surface area contributed by atoms with Gasteiger partial charge in [-0.2, -0.15) is 0 Å². The average molecular weight is 348 g/mol. The summed E-state index contributed by atoms with van der Waals surface area (Å²) in [7, 11) is 0. The molecular weight excluding hydrogens is 316 g/mol. The second kappa shape index (κ2) is 7.65. The van der Waals surface area contributed by atoms with Crippen LogP contribution in [0.2, 0.25) is 0 Å². The smallest absolute Gasteiger partial charge is 0.245 e. The molecule has 0 spiro atoms. The molecule has 140 valence electrons. The molecule has 4 rings (SSSR count). The number of amides is 2. The molecule has 2 saturated heterocycles. The Morgan fingerprint density at radius 3 is 2.04 bits per heavy atom. The van der Waals surface area contributed by atoms with Crippen LogP contribution in [0.4, 0.5) is 0 Å². The van der Waals surface area contributed by atoms with E-state index in [-0.39, 0.29) is 23.8 Å². The lowest BCUT2D eigenvalue weighted by Gasteiger charge is -2.37. The van der Waals surface area contributed by atoms with E-state index in [9.17, 15) is 9.59 Å². The summed E-state index contributed by atoms with van der Waals surface area (Å²) in [4.78, 5) is 29.2. The molecule has 4 fully saturated rings. The van der Waals surface area contributed by atoms with Crippen LogP contribution >= 0.6 is 0 Å². The number of carbonyl (C=O) groups is 2. The molecule has 0 bridgehead atoms. The van der Waals surface area contributed by atoms with E-state index in [2.05, 4.69) is 0 Å². The van der Waals surface area contributed by atoms with Gasteiger partial charge in [-0.3, -0.25) is 9.59 Å². The van der Waals surface area contributed by atoms with E-state index >= 15 is 0 Å². The summed E-state index contributed by atoms with van der Waals surface area (Å²) in [6, 6.07) is -0.191. The molecule has 2 amide bonds. The summed E-state index contributed by atoms with van der Waals surface area (Å²) in [6.45, 7) is 2.35. The number of nitrogens with zero attached hydrogens (tertiary/aromatic N) is 2. The molecule has 0 aromatic heterocycles. The molecule has 0 aromatic carbocycles. The zero-order valence-electron chi connectivity index (χ0n) is 15.3. The van der Waals surface area contributed by atoms with Crippen molar-refractivity contribution >= 4 is 11.8 Å². The predicted molar refractivity (Wildman–Crippen MR) is 95.0 cm³/mol. The minimum Gasteiger partial charge on any atom is -0.375 e. The highest BCUT2D eigenvalue weighted by Crippen LogP contribution is 2.34. The van der Waals surface area contributed by atoms with Crippen LogP contribution in [-0.2, 0) is 14.3 Å². The van der Waals surface area contributed by atoms with E-state index in [0.717, 1.165) is 58.2 Å². The van der Waals surface area contributed by atoms with Gasteiger partial charge in [0.2, 0.25) is 11.8 Å². The Kier molecular flexibility index (Phi) is 5.30. The third-order valence-electron chi connectivity index (χ3n) is 6.44. The minimum absolute atomic E-state index is 0.183. The van der Waals surface area contributed by atoms with Crippen LogP contribution in [0.5, 0.6) is 0 Å². The summed E-state index contributed by atoms with van der Waals surface area (Å²) in [6.07, 6.45) is 12.9. The maximum absolute atomic E-state index is 12.9. The molecule has 25 heavy (non-hydrogen) atoms. The van der Waals surface area contributed by atoms with Gasteiger partial charge in [0.05, 0.1) is 12.2 Å². The lowest BCUT2D eigenvalue weighted by atomic mass is 9.97. The molecule has 1 atom stereocenters. The Morgan fingerprint density at radius 1 is 0.680 bits per heavy atom. The van der Waals surface area contributed by atoms with E-state index in [1.54, 1.807) is 0 Å². The first-order chi connectivity index (χ1) is 12.2. The fourth-order valence-corrected chi connectivity index (χ4v) is 4.75. The zero-order chi connectivity index (χ0) is 17.2. The molecule has 5 heteroatoms. The van der Waals surface area contributed by atoms with Gasteiger partial charge in [-0.25, -0.2) is 0 Å². The molecule has 2 heterocycles. The number of carbonyl (C=O) groups excluding carboxylic acids is 2. The van der Waals surface area contributed by atoms with Gasteiger partial charge in [-0.05, 0) is 51.4 Å². The van der Waals surface area contributed by atoms with Gasteiger partial charge >= 0.3 is 0 Å². The lowest BCUT2D eigenvalue weighted by molar-refractivity contribution is -0.146. The SMILES string of the molecule is O=C([C@H]1CCCN1C(=O)C1CC1)N1CCC(OC2CCCCC2)CC1. The molecule has 2 saturated carbocycles. The number of ether oxygens (including phenoxy) is 1. The largest absolute Gasteiger partial charge is 0.375 e. The zero-order valence-corrected chi connectivity index (χ0v) is 15.3. The van der Waals surface area contributed by atoms with Crippen molar-refractivity contribution in [3.05, 3.63) is 0 Å². The van der Waals surface area contributed by atoms with Crippen molar-refractivity contribution in [2.45, 2.75) is 88.9 Å². The molecule has 5 nitrogen and oxygen atoms in total.